The van der Waals surface area contributed by atoms with Gasteiger partial charge in [0.1, 0.15) is 0 Å². The van der Waals surface area contributed by atoms with E-state index in [1.807, 2.05) is 65.5 Å². The second-order valence-corrected chi connectivity index (χ2v) is 6.29. The van der Waals surface area contributed by atoms with Gasteiger partial charge in [-0.15, -0.1) is 11.8 Å². The van der Waals surface area contributed by atoms with Crippen molar-refractivity contribution in [3.8, 4) is 0 Å². The lowest BCUT2D eigenvalue weighted by atomic mass is 10.1. The summed E-state index contributed by atoms with van der Waals surface area (Å²) in [6, 6.07) is 12.0. The van der Waals surface area contributed by atoms with Crippen LogP contribution in [0.15, 0.2) is 53.7 Å². The van der Waals surface area contributed by atoms with Gasteiger partial charge in [-0.25, -0.2) is 0 Å². The molecule has 0 bridgehead atoms. The van der Waals surface area contributed by atoms with Crippen LogP contribution in [0.4, 0.5) is 0 Å². The maximum absolute atomic E-state index is 12.2. The van der Waals surface area contributed by atoms with E-state index in [1.54, 1.807) is 0 Å². The van der Waals surface area contributed by atoms with Crippen LogP contribution in [0.1, 0.15) is 28.8 Å². The van der Waals surface area contributed by atoms with E-state index >= 15 is 0 Å². The molecular formula is C17H18N2OS. The number of thioether (sulfide) groups is 1. The number of amides is 1. The van der Waals surface area contributed by atoms with Crippen LogP contribution in [0.2, 0.25) is 0 Å². The number of benzene rings is 1. The molecular weight excluding hydrogens is 280 g/mol. The largest absolute Gasteiger partial charge is 0.334 e. The van der Waals surface area contributed by atoms with Crippen molar-refractivity contribution in [1.82, 2.24) is 9.88 Å². The quantitative estimate of drug-likeness (QED) is 0.603. The molecule has 0 spiro atoms. The normalized spacial score (nSPS) is 13.5. The number of carbonyl (C=O) groups excluding carboxylic acids is 1. The number of carbonyl (C=O) groups is 1. The van der Waals surface area contributed by atoms with E-state index < -0.39 is 0 Å². The molecule has 3 nitrogen and oxygen atoms in total. The smallest absolute Gasteiger partial charge is 0.254 e. The molecule has 2 heterocycles. The second kappa shape index (κ2) is 6.76. The molecule has 1 aliphatic rings. The minimum Gasteiger partial charge on any atom is -0.334 e. The molecule has 3 rings (SSSR count). The molecule has 0 aliphatic carbocycles. The van der Waals surface area contributed by atoms with E-state index in [4.69, 9.17) is 0 Å². The lowest BCUT2D eigenvalue weighted by Crippen LogP contribution is -2.25. The summed E-state index contributed by atoms with van der Waals surface area (Å²) >= 11 is 1.85. The van der Waals surface area contributed by atoms with Crippen molar-refractivity contribution in [3.05, 3.63) is 59.9 Å². The van der Waals surface area contributed by atoms with Gasteiger partial charge in [-0.2, -0.15) is 0 Å². The zero-order valence-corrected chi connectivity index (χ0v) is 12.7. The average Bonchev–Trinajstić information content (AvgIpc) is 2.85. The monoisotopic (exact) mass is 298 g/mol. The fourth-order valence-corrected chi connectivity index (χ4v) is 3.42. The van der Waals surface area contributed by atoms with E-state index in [0.717, 1.165) is 42.8 Å². The fraction of sp³-hybridized carbons (Fsp3) is 0.294. The number of aromatic nitrogens is 1. The summed E-state index contributed by atoms with van der Waals surface area (Å²) in [5, 5.41) is 0. The summed E-state index contributed by atoms with van der Waals surface area (Å²) in [4.78, 5) is 19.4. The Kier molecular flexibility index (Phi) is 4.55. The van der Waals surface area contributed by atoms with Crippen molar-refractivity contribution in [2.75, 3.05) is 12.3 Å². The molecule has 4 heteroatoms. The first-order valence-electron chi connectivity index (χ1n) is 7.24. The Morgan fingerprint density at radius 3 is 2.71 bits per heavy atom. The number of nitrogens with zero attached hydrogens (tertiary/aromatic N) is 2. The van der Waals surface area contributed by atoms with E-state index in [9.17, 15) is 4.79 Å². The molecule has 1 aliphatic heterocycles. The number of fused-ring (bicyclic) bond motifs is 1. The average molecular weight is 298 g/mol. The summed E-state index contributed by atoms with van der Waals surface area (Å²) in [5.74, 6) is 1.27. The summed E-state index contributed by atoms with van der Waals surface area (Å²) in [6.45, 7) is 1.62. The van der Waals surface area contributed by atoms with Gasteiger partial charge in [0.2, 0.25) is 0 Å². The van der Waals surface area contributed by atoms with Crippen LogP contribution in [0.25, 0.3) is 0 Å². The van der Waals surface area contributed by atoms with Crippen LogP contribution in [0, 0.1) is 0 Å². The molecule has 1 aromatic carbocycles. The second-order valence-electron chi connectivity index (χ2n) is 5.12. The molecule has 0 unspecified atom stereocenters. The molecule has 0 atom stereocenters. The Morgan fingerprint density at radius 2 is 1.90 bits per heavy atom. The Labute approximate surface area is 129 Å². The van der Waals surface area contributed by atoms with Crippen molar-refractivity contribution in [2.45, 2.75) is 24.3 Å². The minimum atomic E-state index is 0.187. The third-order valence-corrected chi connectivity index (χ3v) is 4.74. The molecule has 0 radical (unpaired) electrons. The molecule has 1 amide bonds. The van der Waals surface area contributed by atoms with Gasteiger partial charge in [0.25, 0.3) is 5.91 Å². The van der Waals surface area contributed by atoms with Gasteiger partial charge in [0.05, 0.1) is 0 Å². The molecule has 0 N–H and O–H groups in total. The van der Waals surface area contributed by atoms with Crippen molar-refractivity contribution >= 4 is 17.7 Å². The summed E-state index contributed by atoms with van der Waals surface area (Å²) in [6.07, 6.45) is 5.82. The van der Waals surface area contributed by atoms with Crippen molar-refractivity contribution in [1.29, 1.82) is 0 Å². The third-order valence-electron chi connectivity index (χ3n) is 3.64. The maximum Gasteiger partial charge on any atom is 0.254 e. The molecule has 0 saturated carbocycles. The molecule has 21 heavy (non-hydrogen) atoms. The minimum absolute atomic E-state index is 0.187. The topological polar surface area (TPSA) is 33.2 Å². The first-order chi connectivity index (χ1) is 10.3. The van der Waals surface area contributed by atoms with E-state index in [0.29, 0.717) is 0 Å². The lowest BCUT2D eigenvalue weighted by molar-refractivity contribution is 0.0776. The van der Waals surface area contributed by atoms with Gasteiger partial charge < -0.3 is 4.90 Å². The number of pyridine rings is 1. The van der Waals surface area contributed by atoms with Gasteiger partial charge >= 0.3 is 0 Å². The van der Waals surface area contributed by atoms with Gasteiger partial charge in [0.15, 0.2) is 0 Å². The van der Waals surface area contributed by atoms with E-state index in [-0.39, 0.29) is 5.91 Å². The van der Waals surface area contributed by atoms with Crippen LogP contribution in [-0.2, 0) is 6.54 Å². The molecule has 2 aromatic rings. The first kappa shape index (κ1) is 14.1. The van der Waals surface area contributed by atoms with Crippen molar-refractivity contribution in [2.24, 2.45) is 0 Å². The van der Waals surface area contributed by atoms with E-state index in [2.05, 4.69) is 4.98 Å². The molecule has 0 fully saturated rings. The van der Waals surface area contributed by atoms with Crippen LogP contribution in [0.5, 0.6) is 0 Å². The van der Waals surface area contributed by atoms with Crippen LogP contribution in [0.3, 0.4) is 0 Å². The Hall–Kier alpha value is -1.81. The van der Waals surface area contributed by atoms with Crippen molar-refractivity contribution < 1.29 is 4.79 Å². The SMILES string of the molecule is O=C1c2ccccc2CN1CCCCSc1ccncc1. The van der Waals surface area contributed by atoms with Crippen LogP contribution >= 0.6 is 11.8 Å². The Bertz CT molecular complexity index is 615. The predicted octanol–water partition coefficient (Wildman–Crippen LogP) is 3.61. The van der Waals surface area contributed by atoms with Gasteiger partial charge in [0, 0.05) is 35.9 Å². The zero-order valence-electron chi connectivity index (χ0n) is 11.9. The fourth-order valence-electron chi connectivity index (χ4n) is 2.52. The van der Waals surface area contributed by atoms with Crippen molar-refractivity contribution in [3.63, 3.8) is 0 Å². The lowest BCUT2D eigenvalue weighted by Gasteiger charge is -2.15. The Balaban J connectivity index is 1.40. The van der Waals surface area contributed by atoms with Gasteiger partial charge in [-0.3, -0.25) is 9.78 Å². The Morgan fingerprint density at radius 1 is 1.10 bits per heavy atom. The van der Waals surface area contributed by atoms with Crippen LogP contribution in [-0.4, -0.2) is 28.1 Å². The maximum atomic E-state index is 12.2. The van der Waals surface area contributed by atoms with Gasteiger partial charge in [-0.05, 0) is 42.4 Å². The highest BCUT2D eigenvalue weighted by Gasteiger charge is 2.25. The summed E-state index contributed by atoms with van der Waals surface area (Å²) < 4.78 is 0. The highest BCUT2D eigenvalue weighted by Crippen LogP contribution is 2.23. The van der Waals surface area contributed by atoms with Crippen LogP contribution < -0.4 is 0 Å². The first-order valence-corrected chi connectivity index (χ1v) is 8.23. The highest BCUT2D eigenvalue weighted by atomic mass is 32.2. The zero-order chi connectivity index (χ0) is 14.5. The number of unbranched alkanes of at least 4 members (excludes halogenated alkanes) is 1. The molecule has 0 saturated heterocycles. The summed E-state index contributed by atoms with van der Waals surface area (Å²) in [5.41, 5.74) is 2.04. The van der Waals surface area contributed by atoms with E-state index in [1.165, 1.54) is 4.90 Å². The standard InChI is InChI=1S/C17H18N2OS/c20-17-16-6-2-1-5-14(16)13-19(17)11-3-4-12-21-15-7-9-18-10-8-15/h1-2,5-10H,3-4,11-13H2. The highest BCUT2D eigenvalue weighted by molar-refractivity contribution is 7.99. The third kappa shape index (κ3) is 3.45. The predicted molar refractivity (Wildman–Crippen MR) is 85.4 cm³/mol. The molecule has 108 valence electrons. The number of hydrogen-bond acceptors (Lipinski definition) is 3. The molecule has 1 aromatic heterocycles. The number of rotatable bonds is 6. The van der Waals surface area contributed by atoms with Gasteiger partial charge in [-0.1, -0.05) is 18.2 Å². The summed E-state index contributed by atoms with van der Waals surface area (Å²) in [7, 11) is 0. The number of hydrogen-bond donors (Lipinski definition) is 0.